The van der Waals surface area contributed by atoms with Crippen molar-refractivity contribution in [2.75, 3.05) is 13.1 Å². The maximum absolute atomic E-state index is 11.7. The van der Waals surface area contributed by atoms with Crippen LogP contribution < -0.4 is 0 Å². The Bertz CT molecular complexity index is 238. The molecule has 3 heteroatoms. The zero-order valence-electron chi connectivity index (χ0n) is 10.2. The Labute approximate surface area is 92.7 Å². The molecule has 15 heavy (non-hydrogen) atoms. The van der Waals surface area contributed by atoms with Gasteiger partial charge < -0.3 is 4.90 Å². The normalized spacial score (nSPS) is 28.2. The first-order valence-electron chi connectivity index (χ1n) is 5.66. The fraction of sp³-hybridized carbons (Fsp3) is 0.750. The second-order valence-corrected chi connectivity index (χ2v) is 4.70. The highest BCUT2D eigenvalue weighted by atomic mass is 16.2. The van der Waals surface area contributed by atoms with Gasteiger partial charge in [-0.1, -0.05) is 6.58 Å². The van der Waals surface area contributed by atoms with Crippen LogP contribution in [0.15, 0.2) is 12.7 Å². The second-order valence-electron chi connectivity index (χ2n) is 4.70. The lowest BCUT2D eigenvalue weighted by atomic mass is 10.1. The van der Waals surface area contributed by atoms with E-state index in [0.717, 1.165) is 13.1 Å². The van der Waals surface area contributed by atoms with Gasteiger partial charge in [-0.15, -0.1) is 0 Å². The highest BCUT2D eigenvalue weighted by molar-refractivity contribution is 5.87. The summed E-state index contributed by atoms with van der Waals surface area (Å²) in [5.74, 6) is 0.0541. The Balaban J connectivity index is 2.72. The van der Waals surface area contributed by atoms with Crippen molar-refractivity contribution in [1.82, 2.24) is 9.80 Å². The van der Waals surface area contributed by atoms with E-state index < -0.39 is 0 Å². The maximum Gasteiger partial charge on any atom is 0.246 e. The van der Waals surface area contributed by atoms with Crippen LogP contribution in [-0.2, 0) is 4.79 Å². The summed E-state index contributed by atoms with van der Waals surface area (Å²) in [5, 5.41) is 0. The summed E-state index contributed by atoms with van der Waals surface area (Å²) >= 11 is 0. The van der Waals surface area contributed by atoms with E-state index in [0.29, 0.717) is 6.04 Å². The van der Waals surface area contributed by atoms with E-state index in [1.54, 1.807) is 0 Å². The molecular formula is C12H22N2O. The molecule has 0 aromatic heterocycles. The number of hydrogen-bond donors (Lipinski definition) is 0. The topological polar surface area (TPSA) is 23.6 Å². The first-order valence-corrected chi connectivity index (χ1v) is 5.66. The van der Waals surface area contributed by atoms with Crippen molar-refractivity contribution in [2.24, 2.45) is 0 Å². The number of carbonyl (C=O) groups excluding carboxylic acids is 1. The van der Waals surface area contributed by atoms with E-state index >= 15 is 0 Å². The van der Waals surface area contributed by atoms with Gasteiger partial charge in [-0.05, 0) is 33.8 Å². The van der Waals surface area contributed by atoms with Gasteiger partial charge >= 0.3 is 0 Å². The largest absolute Gasteiger partial charge is 0.331 e. The summed E-state index contributed by atoms with van der Waals surface area (Å²) < 4.78 is 0. The van der Waals surface area contributed by atoms with Gasteiger partial charge in [0.15, 0.2) is 0 Å². The fourth-order valence-electron chi connectivity index (χ4n) is 2.33. The van der Waals surface area contributed by atoms with Gasteiger partial charge in [-0.2, -0.15) is 0 Å². The minimum absolute atomic E-state index is 0.0541. The number of hydrogen-bond acceptors (Lipinski definition) is 2. The minimum Gasteiger partial charge on any atom is -0.331 e. The molecule has 86 valence electrons. The van der Waals surface area contributed by atoms with Crippen molar-refractivity contribution in [2.45, 2.75) is 45.8 Å². The summed E-state index contributed by atoms with van der Waals surface area (Å²) in [6.45, 7) is 14.1. The van der Waals surface area contributed by atoms with Crippen LogP contribution in [-0.4, -0.2) is 46.9 Å². The molecule has 0 aromatic carbocycles. The van der Waals surface area contributed by atoms with Crippen molar-refractivity contribution < 1.29 is 4.79 Å². The summed E-state index contributed by atoms with van der Waals surface area (Å²) in [5.41, 5.74) is 0. The van der Waals surface area contributed by atoms with Crippen LogP contribution in [0.25, 0.3) is 0 Å². The van der Waals surface area contributed by atoms with Gasteiger partial charge in [0, 0.05) is 31.2 Å². The molecule has 1 heterocycles. The lowest BCUT2D eigenvalue weighted by Gasteiger charge is -2.45. The molecule has 1 saturated heterocycles. The maximum atomic E-state index is 11.7. The molecule has 3 nitrogen and oxygen atoms in total. The molecule has 0 aliphatic carbocycles. The number of rotatable bonds is 2. The summed E-state index contributed by atoms with van der Waals surface area (Å²) in [6.07, 6.45) is 1.41. The Morgan fingerprint density at radius 2 is 1.80 bits per heavy atom. The molecule has 0 radical (unpaired) electrons. The van der Waals surface area contributed by atoms with E-state index in [9.17, 15) is 4.79 Å². The molecule has 0 N–H and O–H groups in total. The second kappa shape index (κ2) is 4.79. The van der Waals surface area contributed by atoms with Crippen molar-refractivity contribution >= 4 is 5.91 Å². The molecule has 1 aliphatic heterocycles. The number of nitrogens with zero attached hydrogens (tertiary/aromatic N) is 2. The Morgan fingerprint density at radius 1 is 1.33 bits per heavy atom. The smallest absolute Gasteiger partial charge is 0.246 e. The van der Waals surface area contributed by atoms with Crippen molar-refractivity contribution in [3.8, 4) is 0 Å². The number of piperazine rings is 1. The molecule has 1 amide bonds. The molecule has 1 rings (SSSR count). The Kier molecular flexibility index (Phi) is 3.91. The van der Waals surface area contributed by atoms with E-state index in [1.165, 1.54) is 6.08 Å². The van der Waals surface area contributed by atoms with E-state index in [4.69, 9.17) is 0 Å². The van der Waals surface area contributed by atoms with Crippen LogP contribution in [0.5, 0.6) is 0 Å². The Morgan fingerprint density at radius 3 is 2.13 bits per heavy atom. The quantitative estimate of drug-likeness (QED) is 0.645. The van der Waals surface area contributed by atoms with Gasteiger partial charge in [0.25, 0.3) is 0 Å². The molecule has 2 unspecified atom stereocenters. The van der Waals surface area contributed by atoms with Crippen molar-refractivity contribution in [1.29, 1.82) is 0 Å². The van der Waals surface area contributed by atoms with Crippen LogP contribution in [0.4, 0.5) is 0 Å². The minimum atomic E-state index is 0.0541. The third kappa shape index (κ3) is 2.59. The van der Waals surface area contributed by atoms with Crippen molar-refractivity contribution in [3.63, 3.8) is 0 Å². The molecule has 2 atom stereocenters. The zero-order chi connectivity index (χ0) is 11.6. The summed E-state index contributed by atoms with van der Waals surface area (Å²) in [6, 6.07) is 1.11. The average molecular weight is 210 g/mol. The van der Waals surface area contributed by atoms with Crippen molar-refractivity contribution in [3.05, 3.63) is 12.7 Å². The first-order chi connectivity index (χ1) is 6.97. The lowest BCUT2D eigenvalue weighted by molar-refractivity contribution is -0.134. The van der Waals surface area contributed by atoms with Gasteiger partial charge in [-0.25, -0.2) is 0 Å². The fourth-order valence-corrected chi connectivity index (χ4v) is 2.33. The molecule has 0 spiro atoms. The molecule has 0 aromatic rings. The summed E-state index contributed by atoms with van der Waals surface area (Å²) in [7, 11) is 0. The highest BCUT2D eigenvalue weighted by Crippen LogP contribution is 2.17. The molecule has 1 aliphatic rings. The predicted molar refractivity (Wildman–Crippen MR) is 62.7 cm³/mol. The van der Waals surface area contributed by atoms with Crippen LogP contribution in [0.3, 0.4) is 0 Å². The van der Waals surface area contributed by atoms with Crippen LogP contribution in [0.1, 0.15) is 27.7 Å². The van der Waals surface area contributed by atoms with Gasteiger partial charge in [0.1, 0.15) is 0 Å². The monoisotopic (exact) mass is 210 g/mol. The van der Waals surface area contributed by atoms with Gasteiger partial charge in [0.2, 0.25) is 5.91 Å². The van der Waals surface area contributed by atoms with E-state index in [1.807, 2.05) is 4.90 Å². The molecular weight excluding hydrogens is 188 g/mol. The van der Waals surface area contributed by atoms with E-state index in [-0.39, 0.29) is 18.0 Å². The lowest BCUT2D eigenvalue weighted by Crippen LogP contribution is -2.59. The Hall–Kier alpha value is -0.830. The van der Waals surface area contributed by atoms with Gasteiger partial charge in [0.05, 0.1) is 0 Å². The number of amides is 1. The molecule has 1 fully saturated rings. The number of carbonyl (C=O) groups is 1. The van der Waals surface area contributed by atoms with Crippen LogP contribution in [0, 0.1) is 0 Å². The standard InChI is InChI=1S/C12H22N2O/c1-6-12(15)14-10(4)7-13(9(2)3)8-11(14)5/h6,9-11H,1,7-8H2,2-5H3. The molecule has 0 bridgehead atoms. The van der Waals surface area contributed by atoms with Crippen LogP contribution in [0.2, 0.25) is 0 Å². The third-order valence-corrected chi connectivity index (χ3v) is 3.11. The summed E-state index contributed by atoms with van der Waals surface area (Å²) in [4.78, 5) is 16.0. The molecule has 0 saturated carbocycles. The van der Waals surface area contributed by atoms with E-state index in [2.05, 4.69) is 39.2 Å². The van der Waals surface area contributed by atoms with Gasteiger partial charge in [-0.3, -0.25) is 9.69 Å². The average Bonchev–Trinajstić information content (AvgIpc) is 2.16. The SMILES string of the molecule is C=CC(=O)N1C(C)CN(C(C)C)CC1C. The highest BCUT2D eigenvalue weighted by Gasteiger charge is 2.32. The van der Waals surface area contributed by atoms with Crippen LogP contribution >= 0.6 is 0 Å². The third-order valence-electron chi connectivity index (χ3n) is 3.11. The first kappa shape index (κ1) is 12.2. The predicted octanol–water partition coefficient (Wildman–Crippen LogP) is 1.50. The zero-order valence-corrected chi connectivity index (χ0v) is 10.2.